The number of carbonyl (C=O) groups is 2. The molecule has 1 aromatic rings. The Balaban J connectivity index is 1.70. The molecule has 0 aliphatic carbocycles. The van der Waals surface area contributed by atoms with E-state index in [0.717, 1.165) is 25.9 Å². The average molecular weight is 349 g/mol. The first-order valence-electron chi connectivity index (χ1n) is 8.79. The molecule has 2 amide bonds. The normalized spacial score (nSPS) is 16.5. The third-order valence-electron chi connectivity index (χ3n) is 4.41. The van der Waals surface area contributed by atoms with Gasteiger partial charge in [0.15, 0.2) is 0 Å². The van der Waals surface area contributed by atoms with E-state index in [9.17, 15) is 14.0 Å². The van der Waals surface area contributed by atoms with Crippen molar-refractivity contribution in [3.05, 3.63) is 35.6 Å². The molecule has 1 aromatic carbocycles. The highest BCUT2D eigenvalue weighted by molar-refractivity contribution is 5.81. The van der Waals surface area contributed by atoms with Crippen molar-refractivity contribution in [1.82, 2.24) is 15.5 Å². The molecular weight excluding hydrogens is 321 g/mol. The van der Waals surface area contributed by atoms with Crippen LogP contribution in [0.1, 0.15) is 39.2 Å². The molecule has 1 fully saturated rings. The van der Waals surface area contributed by atoms with Crippen LogP contribution in [-0.2, 0) is 16.1 Å². The van der Waals surface area contributed by atoms with Crippen molar-refractivity contribution >= 4 is 11.8 Å². The second-order valence-electron chi connectivity index (χ2n) is 7.64. The zero-order valence-electron chi connectivity index (χ0n) is 15.3. The van der Waals surface area contributed by atoms with Gasteiger partial charge < -0.3 is 10.6 Å². The van der Waals surface area contributed by atoms with Gasteiger partial charge >= 0.3 is 0 Å². The molecule has 2 N–H and O–H groups in total. The summed E-state index contributed by atoms with van der Waals surface area (Å²) in [6, 6.07) is 6.60. The zero-order chi connectivity index (χ0) is 18.4. The van der Waals surface area contributed by atoms with Crippen molar-refractivity contribution in [1.29, 1.82) is 0 Å². The van der Waals surface area contributed by atoms with Gasteiger partial charge in [-0.25, -0.2) is 4.39 Å². The summed E-state index contributed by atoms with van der Waals surface area (Å²) >= 11 is 0. The molecule has 5 nitrogen and oxygen atoms in total. The number of nitrogens with one attached hydrogen (secondary N) is 2. The fourth-order valence-electron chi connectivity index (χ4n) is 2.73. The van der Waals surface area contributed by atoms with Crippen LogP contribution >= 0.6 is 0 Å². The Hall–Kier alpha value is -1.95. The van der Waals surface area contributed by atoms with Gasteiger partial charge in [0.2, 0.25) is 11.8 Å². The summed E-state index contributed by atoms with van der Waals surface area (Å²) in [6.45, 7) is 7.73. The van der Waals surface area contributed by atoms with E-state index in [4.69, 9.17) is 0 Å². The fourth-order valence-corrected chi connectivity index (χ4v) is 2.73. The molecule has 1 aliphatic heterocycles. The number of rotatable bonds is 5. The number of halogens is 1. The lowest BCUT2D eigenvalue weighted by Gasteiger charge is -2.33. The van der Waals surface area contributed by atoms with Crippen LogP contribution in [-0.4, -0.2) is 42.4 Å². The first kappa shape index (κ1) is 19.4. The summed E-state index contributed by atoms with van der Waals surface area (Å²) in [5, 5.41) is 5.84. The van der Waals surface area contributed by atoms with E-state index < -0.39 is 0 Å². The van der Waals surface area contributed by atoms with Crippen LogP contribution in [0.15, 0.2) is 24.3 Å². The summed E-state index contributed by atoms with van der Waals surface area (Å²) in [7, 11) is 0. The van der Waals surface area contributed by atoms with Crippen LogP contribution in [0.2, 0.25) is 0 Å². The molecule has 0 spiro atoms. The third kappa shape index (κ3) is 6.12. The number of hydrogen-bond donors (Lipinski definition) is 2. The molecule has 1 aliphatic rings. The van der Waals surface area contributed by atoms with Gasteiger partial charge in [0.25, 0.3) is 0 Å². The Morgan fingerprint density at radius 1 is 1.20 bits per heavy atom. The quantitative estimate of drug-likeness (QED) is 0.855. The fraction of sp³-hybridized carbons (Fsp3) is 0.579. The first-order chi connectivity index (χ1) is 11.8. The van der Waals surface area contributed by atoms with Crippen molar-refractivity contribution in [2.24, 2.45) is 5.41 Å². The van der Waals surface area contributed by atoms with Crippen LogP contribution in [0.25, 0.3) is 0 Å². The Labute approximate surface area is 149 Å². The van der Waals surface area contributed by atoms with Gasteiger partial charge in [-0.15, -0.1) is 0 Å². The molecule has 0 bridgehead atoms. The summed E-state index contributed by atoms with van der Waals surface area (Å²) < 4.78 is 13.5. The Kier molecular flexibility index (Phi) is 6.53. The minimum Gasteiger partial charge on any atom is -0.353 e. The van der Waals surface area contributed by atoms with Gasteiger partial charge in [-0.1, -0.05) is 39.0 Å². The maximum absolute atomic E-state index is 13.5. The molecular formula is C19H28FN3O2. The monoisotopic (exact) mass is 349 g/mol. The van der Waals surface area contributed by atoms with Gasteiger partial charge in [-0.3, -0.25) is 14.5 Å². The maximum atomic E-state index is 13.5. The molecule has 1 heterocycles. The van der Waals surface area contributed by atoms with E-state index in [1.54, 1.807) is 18.2 Å². The van der Waals surface area contributed by atoms with Crippen LogP contribution in [0.3, 0.4) is 0 Å². The largest absolute Gasteiger partial charge is 0.353 e. The van der Waals surface area contributed by atoms with Crippen molar-refractivity contribution in [3.8, 4) is 0 Å². The zero-order valence-corrected chi connectivity index (χ0v) is 15.3. The van der Waals surface area contributed by atoms with Gasteiger partial charge in [0.05, 0.1) is 6.54 Å². The molecule has 2 rings (SSSR count). The van der Waals surface area contributed by atoms with Crippen molar-refractivity contribution in [3.63, 3.8) is 0 Å². The highest BCUT2D eigenvalue weighted by Gasteiger charge is 2.27. The number of benzene rings is 1. The van der Waals surface area contributed by atoms with E-state index in [1.165, 1.54) is 6.07 Å². The lowest BCUT2D eigenvalue weighted by atomic mass is 9.94. The minimum absolute atomic E-state index is 0.0635. The SMILES string of the molecule is CC(C)(C)C(=O)NC1CCN(CC(=O)NCc2ccccc2F)CC1. The van der Waals surface area contributed by atoms with Crippen LogP contribution < -0.4 is 10.6 Å². The first-order valence-corrected chi connectivity index (χ1v) is 8.79. The van der Waals surface area contributed by atoms with Crippen LogP contribution in [0, 0.1) is 11.2 Å². The number of likely N-dealkylation sites (tertiary alicyclic amines) is 1. The number of nitrogens with zero attached hydrogens (tertiary/aromatic N) is 1. The Bertz CT molecular complexity index is 605. The molecule has 0 unspecified atom stereocenters. The predicted molar refractivity (Wildman–Crippen MR) is 95.3 cm³/mol. The van der Waals surface area contributed by atoms with E-state index >= 15 is 0 Å². The molecule has 0 atom stereocenters. The Morgan fingerprint density at radius 2 is 1.84 bits per heavy atom. The second-order valence-corrected chi connectivity index (χ2v) is 7.64. The van der Waals surface area contributed by atoms with Gasteiger partial charge in [0, 0.05) is 36.7 Å². The molecule has 0 radical (unpaired) electrons. The topological polar surface area (TPSA) is 61.4 Å². The van der Waals surface area contributed by atoms with Gasteiger partial charge in [-0.2, -0.15) is 0 Å². The van der Waals surface area contributed by atoms with E-state index in [2.05, 4.69) is 15.5 Å². The number of carbonyl (C=O) groups excluding carboxylic acids is 2. The highest BCUT2D eigenvalue weighted by Crippen LogP contribution is 2.16. The minimum atomic E-state index is -0.385. The van der Waals surface area contributed by atoms with Crippen molar-refractivity contribution < 1.29 is 14.0 Å². The maximum Gasteiger partial charge on any atom is 0.234 e. The molecule has 6 heteroatoms. The van der Waals surface area contributed by atoms with E-state index in [-0.39, 0.29) is 35.6 Å². The van der Waals surface area contributed by atoms with Crippen LogP contribution in [0.4, 0.5) is 4.39 Å². The average Bonchev–Trinajstić information content (AvgIpc) is 2.55. The molecule has 25 heavy (non-hydrogen) atoms. The highest BCUT2D eigenvalue weighted by atomic mass is 19.1. The van der Waals surface area contributed by atoms with E-state index in [1.807, 2.05) is 20.8 Å². The van der Waals surface area contributed by atoms with E-state index in [0.29, 0.717) is 12.1 Å². The smallest absolute Gasteiger partial charge is 0.234 e. The molecule has 0 aromatic heterocycles. The standard InChI is InChI=1S/C19H28FN3O2/c1-19(2,3)18(25)22-15-8-10-23(11-9-15)13-17(24)21-12-14-6-4-5-7-16(14)20/h4-7,15H,8-13H2,1-3H3,(H,21,24)(H,22,25). The summed E-state index contributed by atoms with van der Waals surface area (Å²) in [6.07, 6.45) is 1.67. The Morgan fingerprint density at radius 3 is 2.44 bits per heavy atom. The van der Waals surface area contributed by atoms with Crippen LogP contribution in [0.5, 0.6) is 0 Å². The predicted octanol–water partition coefficient (Wildman–Crippen LogP) is 2.07. The molecule has 138 valence electrons. The van der Waals surface area contributed by atoms with Crippen molar-refractivity contribution in [2.75, 3.05) is 19.6 Å². The number of hydrogen-bond acceptors (Lipinski definition) is 3. The number of amides is 2. The molecule has 1 saturated heterocycles. The number of piperidine rings is 1. The van der Waals surface area contributed by atoms with Gasteiger partial charge in [0.1, 0.15) is 5.82 Å². The molecule has 0 saturated carbocycles. The van der Waals surface area contributed by atoms with Gasteiger partial charge in [-0.05, 0) is 18.9 Å². The summed E-state index contributed by atoms with van der Waals surface area (Å²) in [5.41, 5.74) is 0.100. The summed E-state index contributed by atoms with van der Waals surface area (Å²) in [5.74, 6) is -0.354. The summed E-state index contributed by atoms with van der Waals surface area (Å²) in [4.78, 5) is 26.1. The lowest BCUT2D eigenvalue weighted by Crippen LogP contribution is -2.49. The van der Waals surface area contributed by atoms with Crippen molar-refractivity contribution in [2.45, 2.75) is 46.2 Å². The third-order valence-corrected chi connectivity index (χ3v) is 4.41. The second kappa shape index (κ2) is 8.43. The lowest BCUT2D eigenvalue weighted by molar-refractivity contribution is -0.130.